The first-order chi connectivity index (χ1) is 22.3. The van der Waals surface area contributed by atoms with Crippen LogP contribution >= 0.6 is 0 Å². The molecule has 2 aromatic carbocycles. The summed E-state index contributed by atoms with van der Waals surface area (Å²) in [5, 5.41) is 21.9. The predicted octanol–water partition coefficient (Wildman–Crippen LogP) is 6.12. The van der Waals surface area contributed by atoms with Gasteiger partial charge in [0.25, 0.3) is 0 Å². The van der Waals surface area contributed by atoms with Gasteiger partial charge in [0.2, 0.25) is 0 Å². The molecule has 0 amide bonds. The molecule has 1 aliphatic heterocycles. The van der Waals surface area contributed by atoms with Crippen LogP contribution in [0.15, 0.2) is 72.3 Å². The lowest BCUT2D eigenvalue weighted by atomic mass is 9.44. The lowest BCUT2D eigenvalue weighted by Gasteiger charge is -2.63. The number of fused-ring (bicyclic) bond motifs is 7. The molecule has 7 rings (SSSR count). The van der Waals surface area contributed by atoms with E-state index in [1.54, 1.807) is 13.8 Å². The Morgan fingerprint density at radius 1 is 1.00 bits per heavy atom. The highest BCUT2D eigenvalue weighted by Gasteiger charge is 2.80. The van der Waals surface area contributed by atoms with E-state index < -0.39 is 76.8 Å². The van der Waals surface area contributed by atoms with E-state index in [9.17, 15) is 19.8 Å². The average Bonchev–Trinajstić information content (AvgIpc) is 3.53. The number of aliphatic hydroxyl groups excluding tert-OH is 2. The Bertz CT molecular complexity index is 1630. The fraction of sp³-hybridized carbons (Fsp3) is 0.538. The number of ether oxygens (including phenoxy) is 2. The largest absolute Gasteiger partial charge is 0.390 e. The van der Waals surface area contributed by atoms with Crippen molar-refractivity contribution in [1.29, 1.82) is 0 Å². The number of Topliss-reactive ketones (excluding diaryl/α,β-unsaturated/α-hetero) is 1. The zero-order chi connectivity index (χ0) is 33.5. The molecule has 5 aliphatic rings. The molecular weight excluding hydrogens is 602 g/mol. The second-order valence-corrected chi connectivity index (χ2v) is 15.3. The first-order valence-electron chi connectivity index (χ1n) is 16.9. The molecule has 4 aliphatic carbocycles. The van der Waals surface area contributed by atoms with Crippen molar-refractivity contribution >= 4 is 11.6 Å². The van der Waals surface area contributed by atoms with Crippen molar-refractivity contribution in [1.82, 2.24) is 0 Å². The maximum Gasteiger partial charge on any atom is 0.193 e. The van der Waals surface area contributed by atoms with Crippen molar-refractivity contribution < 1.29 is 38.1 Å². The van der Waals surface area contributed by atoms with E-state index in [1.165, 1.54) is 23.3 Å². The van der Waals surface area contributed by atoms with Crippen LogP contribution in [0, 0.1) is 28.6 Å². The van der Waals surface area contributed by atoms with Gasteiger partial charge in [-0.05, 0) is 85.3 Å². The molecule has 2 aromatic rings. The van der Waals surface area contributed by atoms with Crippen molar-refractivity contribution in [3.63, 3.8) is 0 Å². The number of carbonyl (C=O) groups excluding carboxylic acids is 2. The molecule has 0 unspecified atom stereocenters. The van der Waals surface area contributed by atoms with Gasteiger partial charge in [-0.1, -0.05) is 75.4 Å². The van der Waals surface area contributed by atoms with Crippen LogP contribution in [0.5, 0.6) is 0 Å². The van der Waals surface area contributed by atoms with E-state index in [1.807, 2.05) is 24.3 Å². The Kier molecular flexibility index (Phi) is 7.79. The fourth-order valence-corrected chi connectivity index (χ4v) is 10.0. The normalized spacial score (nSPS) is 40.4. The number of ketones is 2. The van der Waals surface area contributed by atoms with Crippen LogP contribution in [-0.2, 0) is 31.9 Å². The third-order valence-electron chi connectivity index (χ3n) is 12.3. The summed E-state index contributed by atoms with van der Waals surface area (Å²) in [5.41, 5.74) is -2.25. The summed E-state index contributed by atoms with van der Waals surface area (Å²) >= 11 is 0. The topological polar surface area (TPSA) is 93.1 Å². The van der Waals surface area contributed by atoms with E-state index in [4.69, 9.17) is 9.47 Å². The first kappa shape index (κ1) is 32.5. The summed E-state index contributed by atoms with van der Waals surface area (Å²) in [6.07, 6.45) is 0.494. The molecule has 6 nitrogen and oxygen atoms in total. The fourth-order valence-electron chi connectivity index (χ4n) is 10.0. The highest BCUT2D eigenvalue weighted by atomic mass is 19.1. The predicted molar refractivity (Wildman–Crippen MR) is 172 cm³/mol. The zero-order valence-corrected chi connectivity index (χ0v) is 27.4. The molecule has 8 heteroatoms. The summed E-state index contributed by atoms with van der Waals surface area (Å²) in [7, 11) is 0. The van der Waals surface area contributed by atoms with Crippen LogP contribution in [0.3, 0.4) is 0 Å². The number of carbonyl (C=O) groups is 2. The number of allylic oxidation sites excluding steroid dienone is 4. The van der Waals surface area contributed by atoms with Gasteiger partial charge in [-0.15, -0.1) is 0 Å². The summed E-state index contributed by atoms with van der Waals surface area (Å²) < 4.78 is 46.5. The summed E-state index contributed by atoms with van der Waals surface area (Å²) in [6.45, 7) is 6.93. The molecule has 250 valence electrons. The lowest BCUT2D eigenvalue weighted by molar-refractivity contribution is -0.235. The van der Waals surface area contributed by atoms with Gasteiger partial charge in [0.05, 0.1) is 12.2 Å². The van der Waals surface area contributed by atoms with Crippen molar-refractivity contribution in [2.24, 2.45) is 28.6 Å². The second kappa shape index (κ2) is 11.3. The van der Waals surface area contributed by atoms with Gasteiger partial charge >= 0.3 is 0 Å². The molecule has 0 bridgehead atoms. The van der Waals surface area contributed by atoms with Crippen molar-refractivity contribution in [3.05, 3.63) is 94.6 Å². The third kappa shape index (κ3) is 4.62. The van der Waals surface area contributed by atoms with Crippen LogP contribution in [0.25, 0.3) is 0 Å². The van der Waals surface area contributed by atoms with Crippen LogP contribution in [0.4, 0.5) is 8.78 Å². The van der Waals surface area contributed by atoms with Crippen molar-refractivity contribution in [3.8, 4) is 0 Å². The van der Waals surface area contributed by atoms with Gasteiger partial charge in [-0.25, -0.2) is 8.78 Å². The van der Waals surface area contributed by atoms with E-state index in [0.29, 0.717) is 11.5 Å². The van der Waals surface area contributed by atoms with Crippen LogP contribution in [0.2, 0.25) is 0 Å². The maximum atomic E-state index is 17.6. The molecule has 1 heterocycles. The number of hydrogen-bond acceptors (Lipinski definition) is 6. The number of hydrogen-bond donors (Lipinski definition) is 2. The Labute approximate surface area is 274 Å². The molecular formula is C39H44F2O6. The minimum Gasteiger partial charge on any atom is -0.390 e. The van der Waals surface area contributed by atoms with E-state index in [0.717, 1.165) is 24.5 Å². The SMILES string of the molecule is CC(C)Cc1ccc(Cc2ccc([C@H]3O[C@@H]4C[C@H]5[C@@H]6C[C@H](F)C7=CC(=O)C=C[C@]7(C)[C@@]6(F)[C@@H](O)C[C@]5(C)[C@]4(C(=O)CO)O3)cc2)cc1. The highest BCUT2D eigenvalue weighted by Crippen LogP contribution is 2.72. The molecule has 4 fully saturated rings. The van der Waals surface area contributed by atoms with E-state index >= 15 is 8.78 Å². The average molecular weight is 647 g/mol. The van der Waals surface area contributed by atoms with E-state index in [2.05, 4.69) is 38.1 Å². The molecule has 0 radical (unpaired) electrons. The van der Waals surface area contributed by atoms with Crippen LogP contribution < -0.4 is 0 Å². The van der Waals surface area contributed by atoms with Gasteiger partial charge in [0.15, 0.2) is 29.1 Å². The Balaban J connectivity index is 1.16. The lowest BCUT2D eigenvalue weighted by Crippen LogP contribution is -2.70. The molecule has 47 heavy (non-hydrogen) atoms. The minimum absolute atomic E-state index is 0.0462. The standard InChI is InChI=1S/C39H44F2O6/c1-22(2)15-23-5-7-24(8-6-23)16-25-9-11-26(12-10-25)35-46-34-19-28-29-18-31(40)30-17-27(43)13-14-36(30,3)38(29,41)32(44)20-37(28,4)39(34,47-35)33(45)21-42/h5-14,17,22,28-29,31-32,34-35,42,44H,15-16,18-21H2,1-4H3/t28-,29-,31-,32-,34+,35-,36-,37-,38-,39+/m0/s1. The van der Waals surface area contributed by atoms with Gasteiger partial charge < -0.3 is 19.7 Å². The van der Waals surface area contributed by atoms with Crippen molar-refractivity contribution in [2.75, 3.05) is 6.61 Å². The van der Waals surface area contributed by atoms with Crippen LogP contribution in [0.1, 0.15) is 75.5 Å². The summed E-state index contributed by atoms with van der Waals surface area (Å²) in [4.78, 5) is 25.9. The smallest absolute Gasteiger partial charge is 0.193 e. The number of rotatable bonds is 7. The number of halogens is 2. The molecule has 2 N–H and O–H groups in total. The summed E-state index contributed by atoms with van der Waals surface area (Å²) in [6, 6.07) is 16.5. The second-order valence-electron chi connectivity index (χ2n) is 15.3. The Hall–Kier alpha value is -3.04. The number of aliphatic hydroxyl groups is 2. The molecule has 3 saturated carbocycles. The zero-order valence-electron chi connectivity index (χ0n) is 27.4. The molecule has 0 aromatic heterocycles. The number of benzene rings is 2. The first-order valence-corrected chi connectivity index (χ1v) is 16.9. The monoisotopic (exact) mass is 646 g/mol. The number of alkyl halides is 2. The van der Waals surface area contributed by atoms with Crippen molar-refractivity contribution in [2.45, 2.75) is 95.7 Å². The highest BCUT2D eigenvalue weighted by molar-refractivity contribution is 6.01. The molecule has 0 spiro atoms. The van der Waals surface area contributed by atoms with Gasteiger partial charge in [-0.3, -0.25) is 9.59 Å². The molecule has 1 saturated heterocycles. The quantitative estimate of drug-likeness (QED) is 0.377. The van der Waals surface area contributed by atoms with Gasteiger partial charge in [0.1, 0.15) is 12.8 Å². The Morgan fingerprint density at radius 2 is 1.64 bits per heavy atom. The minimum atomic E-state index is -2.28. The van der Waals surface area contributed by atoms with Crippen LogP contribution in [-0.4, -0.2) is 58.0 Å². The Morgan fingerprint density at radius 3 is 2.28 bits per heavy atom. The van der Waals surface area contributed by atoms with Gasteiger partial charge in [-0.2, -0.15) is 0 Å². The van der Waals surface area contributed by atoms with Gasteiger partial charge in [0, 0.05) is 22.3 Å². The summed E-state index contributed by atoms with van der Waals surface area (Å²) in [5.74, 6) is -1.97. The van der Waals surface area contributed by atoms with E-state index in [-0.39, 0.29) is 24.8 Å². The molecule has 10 atom stereocenters. The maximum absolute atomic E-state index is 17.6. The third-order valence-corrected chi connectivity index (χ3v) is 12.3.